The normalized spacial score (nSPS) is 19.6. The molecule has 1 aliphatic heterocycles. The maximum Gasteiger partial charge on any atom is 0.329 e. The summed E-state index contributed by atoms with van der Waals surface area (Å²) in [5, 5.41) is 11.7. The van der Waals surface area contributed by atoms with Crippen molar-refractivity contribution in [1.82, 2.24) is 10.2 Å². The number of carboxylic acids is 1. The van der Waals surface area contributed by atoms with Crippen LogP contribution in [0.1, 0.15) is 33.1 Å². The van der Waals surface area contributed by atoms with Crippen LogP contribution in [0, 0.1) is 0 Å². The van der Waals surface area contributed by atoms with Gasteiger partial charge >= 0.3 is 12.0 Å². The number of ether oxygens (including phenoxy) is 1. The number of urea groups is 1. The van der Waals surface area contributed by atoms with Gasteiger partial charge in [-0.15, -0.1) is 0 Å². The van der Waals surface area contributed by atoms with Crippen LogP contribution in [0.2, 0.25) is 0 Å². The lowest BCUT2D eigenvalue weighted by atomic mass is 10.1. The molecule has 6 nitrogen and oxygen atoms in total. The first-order chi connectivity index (χ1) is 8.35. The SMILES string of the molecule is CN(C(=O)NCCC1CCCO1)C(C)(C)C(=O)O. The van der Waals surface area contributed by atoms with Crippen LogP contribution in [0.25, 0.3) is 0 Å². The van der Waals surface area contributed by atoms with Crippen LogP contribution in [0.5, 0.6) is 0 Å². The topological polar surface area (TPSA) is 78.9 Å². The van der Waals surface area contributed by atoms with Gasteiger partial charge in [-0.25, -0.2) is 9.59 Å². The van der Waals surface area contributed by atoms with Crippen molar-refractivity contribution < 1.29 is 19.4 Å². The largest absolute Gasteiger partial charge is 0.480 e. The molecule has 0 radical (unpaired) electrons. The van der Waals surface area contributed by atoms with Gasteiger partial charge in [-0.05, 0) is 33.1 Å². The fourth-order valence-corrected chi connectivity index (χ4v) is 1.73. The molecule has 0 aromatic carbocycles. The standard InChI is InChI=1S/C12H22N2O4/c1-12(2,10(15)16)14(3)11(17)13-7-6-9-5-4-8-18-9/h9H,4-8H2,1-3H3,(H,13,17)(H,15,16). The Bertz CT molecular complexity index is 311. The molecule has 104 valence electrons. The Morgan fingerprint density at radius 1 is 1.50 bits per heavy atom. The molecule has 0 spiro atoms. The van der Waals surface area contributed by atoms with Crippen molar-refractivity contribution in [3.63, 3.8) is 0 Å². The number of carbonyl (C=O) groups excluding carboxylic acids is 1. The maximum absolute atomic E-state index is 11.8. The van der Waals surface area contributed by atoms with Crippen LogP contribution < -0.4 is 5.32 Å². The molecule has 0 aliphatic carbocycles. The Labute approximate surface area is 107 Å². The van der Waals surface area contributed by atoms with E-state index in [1.165, 1.54) is 25.8 Å². The summed E-state index contributed by atoms with van der Waals surface area (Å²) >= 11 is 0. The van der Waals surface area contributed by atoms with Gasteiger partial charge in [-0.2, -0.15) is 0 Å². The number of nitrogens with zero attached hydrogens (tertiary/aromatic N) is 1. The van der Waals surface area contributed by atoms with Gasteiger partial charge < -0.3 is 20.1 Å². The lowest BCUT2D eigenvalue weighted by Gasteiger charge is -2.31. The zero-order valence-corrected chi connectivity index (χ0v) is 11.2. The van der Waals surface area contributed by atoms with E-state index in [9.17, 15) is 9.59 Å². The Morgan fingerprint density at radius 2 is 2.17 bits per heavy atom. The molecule has 1 fully saturated rings. The van der Waals surface area contributed by atoms with E-state index in [-0.39, 0.29) is 12.1 Å². The molecule has 0 saturated carbocycles. The summed E-state index contributed by atoms with van der Waals surface area (Å²) in [5.41, 5.74) is -1.21. The minimum atomic E-state index is -1.21. The van der Waals surface area contributed by atoms with E-state index in [1.54, 1.807) is 0 Å². The van der Waals surface area contributed by atoms with Gasteiger partial charge in [-0.3, -0.25) is 0 Å². The number of rotatable bonds is 5. The Morgan fingerprint density at radius 3 is 2.67 bits per heavy atom. The minimum Gasteiger partial charge on any atom is -0.480 e. The van der Waals surface area contributed by atoms with Crippen LogP contribution in [0.4, 0.5) is 4.79 Å². The third-order valence-electron chi connectivity index (χ3n) is 3.43. The number of nitrogens with one attached hydrogen (secondary N) is 1. The summed E-state index contributed by atoms with van der Waals surface area (Å²) in [4.78, 5) is 24.0. The van der Waals surface area contributed by atoms with Gasteiger partial charge in [0.2, 0.25) is 0 Å². The summed E-state index contributed by atoms with van der Waals surface area (Å²) in [5.74, 6) is -1.03. The summed E-state index contributed by atoms with van der Waals surface area (Å²) in [6, 6.07) is -0.375. The summed E-state index contributed by atoms with van der Waals surface area (Å²) in [6.45, 7) is 4.29. The molecule has 1 saturated heterocycles. The van der Waals surface area contributed by atoms with Gasteiger partial charge in [0.25, 0.3) is 0 Å². The molecule has 6 heteroatoms. The van der Waals surface area contributed by atoms with Crippen LogP contribution in [0.15, 0.2) is 0 Å². The molecule has 1 atom stereocenters. The molecule has 1 rings (SSSR count). The number of aliphatic carboxylic acids is 1. The molecule has 1 heterocycles. The van der Waals surface area contributed by atoms with E-state index < -0.39 is 11.5 Å². The number of carboxylic acid groups (broad SMARTS) is 1. The van der Waals surface area contributed by atoms with Gasteiger partial charge in [0, 0.05) is 20.2 Å². The minimum absolute atomic E-state index is 0.225. The van der Waals surface area contributed by atoms with E-state index in [0.717, 1.165) is 25.9 Å². The zero-order chi connectivity index (χ0) is 13.8. The molecule has 18 heavy (non-hydrogen) atoms. The number of hydrogen-bond acceptors (Lipinski definition) is 3. The Hall–Kier alpha value is -1.30. The third kappa shape index (κ3) is 3.60. The summed E-state index contributed by atoms with van der Waals surface area (Å²) in [7, 11) is 1.48. The van der Waals surface area contributed by atoms with Crippen LogP contribution in [-0.4, -0.2) is 53.8 Å². The van der Waals surface area contributed by atoms with E-state index in [4.69, 9.17) is 9.84 Å². The predicted octanol–water partition coefficient (Wildman–Crippen LogP) is 1.06. The average molecular weight is 258 g/mol. The molecule has 0 aromatic rings. The van der Waals surface area contributed by atoms with Crippen molar-refractivity contribution in [3.8, 4) is 0 Å². The number of likely N-dealkylation sites (N-methyl/N-ethyl adjacent to an activating group) is 1. The number of hydrogen-bond donors (Lipinski definition) is 2. The van der Waals surface area contributed by atoms with Gasteiger partial charge in [0.1, 0.15) is 5.54 Å². The fourth-order valence-electron chi connectivity index (χ4n) is 1.73. The number of amides is 2. The smallest absolute Gasteiger partial charge is 0.329 e. The first-order valence-electron chi connectivity index (χ1n) is 6.22. The van der Waals surface area contributed by atoms with Crippen LogP contribution >= 0.6 is 0 Å². The van der Waals surface area contributed by atoms with Crippen LogP contribution in [-0.2, 0) is 9.53 Å². The first kappa shape index (κ1) is 14.8. The quantitative estimate of drug-likeness (QED) is 0.773. The average Bonchev–Trinajstić information content (AvgIpc) is 2.80. The van der Waals surface area contributed by atoms with Crippen molar-refractivity contribution >= 4 is 12.0 Å². The Balaban J connectivity index is 2.33. The molecule has 0 bridgehead atoms. The van der Waals surface area contributed by atoms with Crippen molar-refractivity contribution in [2.24, 2.45) is 0 Å². The van der Waals surface area contributed by atoms with E-state index >= 15 is 0 Å². The van der Waals surface area contributed by atoms with Crippen molar-refractivity contribution in [3.05, 3.63) is 0 Å². The van der Waals surface area contributed by atoms with Crippen LogP contribution in [0.3, 0.4) is 0 Å². The predicted molar refractivity (Wildman–Crippen MR) is 66.5 cm³/mol. The highest BCUT2D eigenvalue weighted by atomic mass is 16.5. The maximum atomic E-state index is 11.8. The molecule has 1 aliphatic rings. The van der Waals surface area contributed by atoms with Crippen molar-refractivity contribution in [2.45, 2.75) is 44.8 Å². The highest BCUT2D eigenvalue weighted by Gasteiger charge is 2.35. The first-order valence-corrected chi connectivity index (χ1v) is 6.22. The molecular weight excluding hydrogens is 236 g/mol. The molecule has 1 unspecified atom stereocenters. The van der Waals surface area contributed by atoms with Crippen molar-refractivity contribution in [1.29, 1.82) is 0 Å². The fraction of sp³-hybridized carbons (Fsp3) is 0.833. The second-order valence-corrected chi connectivity index (χ2v) is 5.08. The number of carbonyl (C=O) groups is 2. The van der Waals surface area contributed by atoms with Gasteiger partial charge in [0.15, 0.2) is 0 Å². The van der Waals surface area contributed by atoms with E-state index in [2.05, 4.69) is 5.32 Å². The van der Waals surface area contributed by atoms with Crippen molar-refractivity contribution in [2.75, 3.05) is 20.2 Å². The molecule has 2 amide bonds. The van der Waals surface area contributed by atoms with E-state index in [1.807, 2.05) is 0 Å². The molecule has 2 N–H and O–H groups in total. The monoisotopic (exact) mass is 258 g/mol. The summed E-state index contributed by atoms with van der Waals surface area (Å²) in [6.07, 6.45) is 3.10. The second-order valence-electron chi connectivity index (χ2n) is 5.08. The third-order valence-corrected chi connectivity index (χ3v) is 3.43. The summed E-state index contributed by atoms with van der Waals surface area (Å²) < 4.78 is 5.44. The highest BCUT2D eigenvalue weighted by molar-refractivity contribution is 5.85. The molecular formula is C12H22N2O4. The van der Waals surface area contributed by atoms with Gasteiger partial charge in [-0.1, -0.05) is 0 Å². The Kier molecular flexibility index (Phi) is 4.95. The second kappa shape index (κ2) is 6.04. The zero-order valence-electron chi connectivity index (χ0n) is 11.2. The lowest BCUT2D eigenvalue weighted by molar-refractivity contribution is -0.146. The molecule has 0 aromatic heterocycles. The van der Waals surface area contributed by atoms with E-state index in [0.29, 0.717) is 6.54 Å². The highest BCUT2D eigenvalue weighted by Crippen LogP contribution is 2.15. The lowest BCUT2D eigenvalue weighted by Crippen LogP contribution is -2.54. The van der Waals surface area contributed by atoms with Gasteiger partial charge in [0.05, 0.1) is 6.10 Å².